The quantitative estimate of drug-likeness (QED) is 0.787. The van der Waals surface area contributed by atoms with Crippen LogP contribution in [0.4, 0.5) is 0 Å². The molecule has 1 saturated heterocycles. The highest BCUT2D eigenvalue weighted by molar-refractivity contribution is 7.89. The molecule has 0 bridgehead atoms. The van der Waals surface area contributed by atoms with Gasteiger partial charge in [0.25, 0.3) is 5.91 Å². The van der Waals surface area contributed by atoms with Crippen LogP contribution in [0.5, 0.6) is 5.75 Å². The van der Waals surface area contributed by atoms with Crippen LogP contribution in [0.25, 0.3) is 0 Å². The normalized spacial score (nSPS) is 18.0. The van der Waals surface area contributed by atoms with Crippen LogP contribution in [0.2, 0.25) is 0 Å². The predicted octanol–water partition coefficient (Wildman–Crippen LogP) is 3.16. The highest BCUT2D eigenvalue weighted by atomic mass is 32.2. The first-order valence-electron chi connectivity index (χ1n) is 10.0. The summed E-state index contributed by atoms with van der Waals surface area (Å²) in [6, 6.07) is 12.1. The third kappa shape index (κ3) is 4.46. The van der Waals surface area contributed by atoms with E-state index in [0.717, 1.165) is 31.2 Å². The van der Waals surface area contributed by atoms with Crippen molar-refractivity contribution in [1.29, 1.82) is 0 Å². The summed E-state index contributed by atoms with van der Waals surface area (Å²) in [6.07, 6.45) is 3.42. The van der Waals surface area contributed by atoms with Crippen molar-refractivity contribution in [2.24, 2.45) is 0 Å². The minimum atomic E-state index is -3.59. The summed E-state index contributed by atoms with van der Waals surface area (Å²) in [5.41, 5.74) is 2.40. The number of aromatic hydroxyl groups is 1. The van der Waals surface area contributed by atoms with Gasteiger partial charge < -0.3 is 10.0 Å². The summed E-state index contributed by atoms with van der Waals surface area (Å²) in [5.74, 6) is 0.494. The standard InChI is InChI=1S/C22H26N2O4S/c1-15-2-9-20(29(27,28)23-18-5-6-18)14-21(15)22(26)24-12-10-17(11-13-24)16-3-7-19(25)8-4-16/h2-4,7-9,14,17-18,23,25H,5-6,10-13H2,1H3. The van der Waals surface area contributed by atoms with Crippen LogP contribution in [-0.2, 0) is 10.0 Å². The monoisotopic (exact) mass is 414 g/mol. The highest BCUT2D eigenvalue weighted by Gasteiger charge is 2.30. The third-order valence-electron chi connectivity index (χ3n) is 5.80. The van der Waals surface area contributed by atoms with Crippen molar-refractivity contribution in [3.63, 3.8) is 0 Å². The molecule has 154 valence electrons. The van der Waals surface area contributed by atoms with Crippen LogP contribution < -0.4 is 4.72 Å². The molecule has 1 aliphatic heterocycles. The van der Waals surface area contributed by atoms with Gasteiger partial charge in [0.2, 0.25) is 10.0 Å². The second-order valence-electron chi connectivity index (χ2n) is 8.03. The number of carbonyl (C=O) groups is 1. The Morgan fingerprint density at radius 1 is 1.03 bits per heavy atom. The molecule has 7 heteroatoms. The van der Waals surface area contributed by atoms with E-state index in [1.165, 1.54) is 11.6 Å². The number of phenols is 1. The lowest BCUT2D eigenvalue weighted by molar-refractivity contribution is 0.0712. The van der Waals surface area contributed by atoms with E-state index in [0.29, 0.717) is 24.6 Å². The molecule has 4 rings (SSSR count). The lowest BCUT2D eigenvalue weighted by atomic mass is 9.89. The molecular formula is C22H26N2O4S. The summed E-state index contributed by atoms with van der Waals surface area (Å²) in [6.45, 7) is 3.09. The molecule has 0 atom stereocenters. The fourth-order valence-electron chi connectivity index (χ4n) is 3.82. The van der Waals surface area contributed by atoms with E-state index < -0.39 is 10.0 Å². The number of hydrogen-bond acceptors (Lipinski definition) is 4. The number of benzene rings is 2. The molecular weight excluding hydrogens is 388 g/mol. The van der Waals surface area contributed by atoms with E-state index in [1.807, 2.05) is 24.0 Å². The van der Waals surface area contributed by atoms with E-state index in [9.17, 15) is 18.3 Å². The molecule has 0 radical (unpaired) electrons. The summed E-state index contributed by atoms with van der Waals surface area (Å²) in [5, 5.41) is 9.45. The number of amides is 1. The smallest absolute Gasteiger partial charge is 0.254 e. The minimum Gasteiger partial charge on any atom is -0.508 e. The highest BCUT2D eigenvalue weighted by Crippen LogP contribution is 2.30. The zero-order valence-electron chi connectivity index (χ0n) is 16.5. The molecule has 1 aliphatic carbocycles. The fraction of sp³-hybridized carbons (Fsp3) is 0.409. The van der Waals surface area contributed by atoms with Gasteiger partial charge in [-0.25, -0.2) is 13.1 Å². The van der Waals surface area contributed by atoms with E-state index in [2.05, 4.69) is 4.72 Å². The van der Waals surface area contributed by atoms with Crippen LogP contribution in [0.15, 0.2) is 47.4 Å². The van der Waals surface area contributed by atoms with Crippen molar-refractivity contribution < 1.29 is 18.3 Å². The maximum Gasteiger partial charge on any atom is 0.254 e. The van der Waals surface area contributed by atoms with Crippen LogP contribution in [0.1, 0.15) is 53.1 Å². The van der Waals surface area contributed by atoms with Gasteiger partial charge in [-0.2, -0.15) is 0 Å². The summed E-state index contributed by atoms with van der Waals surface area (Å²) < 4.78 is 27.7. The Morgan fingerprint density at radius 2 is 1.69 bits per heavy atom. The lowest BCUT2D eigenvalue weighted by Crippen LogP contribution is -2.38. The molecule has 2 N–H and O–H groups in total. The van der Waals surface area contributed by atoms with Crippen molar-refractivity contribution in [1.82, 2.24) is 9.62 Å². The number of phenolic OH excluding ortho intramolecular Hbond substituents is 1. The summed E-state index contributed by atoms with van der Waals surface area (Å²) >= 11 is 0. The lowest BCUT2D eigenvalue weighted by Gasteiger charge is -2.32. The van der Waals surface area contributed by atoms with Crippen LogP contribution in [0, 0.1) is 6.92 Å². The number of sulfonamides is 1. The van der Waals surface area contributed by atoms with Gasteiger partial charge in [-0.15, -0.1) is 0 Å². The molecule has 0 spiro atoms. The molecule has 1 amide bonds. The Morgan fingerprint density at radius 3 is 2.31 bits per heavy atom. The Kier molecular flexibility index (Phi) is 5.36. The number of carbonyl (C=O) groups excluding carboxylic acids is 1. The summed E-state index contributed by atoms with van der Waals surface area (Å²) in [4.78, 5) is 15.1. The Hall–Kier alpha value is -2.38. The number of likely N-dealkylation sites (tertiary alicyclic amines) is 1. The van der Waals surface area contributed by atoms with Crippen molar-refractivity contribution in [2.45, 2.75) is 49.5 Å². The Labute approximate surface area is 171 Å². The van der Waals surface area contributed by atoms with Crippen LogP contribution in [-0.4, -0.2) is 43.5 Å². The number of piperidine rings is 1. The Bertz CT molecular complexity index is 1010. The zero-order valence-corrected chi connectivity index (χ0v) is 17.3. The van der Waals surface area contributed by atoms with Crippen LogP contribution >= 0.6 is 0 Å². The first kappa shape index (κ1) is 19.9. The van der Waals surface area contributed by atoms with E-state index in [-0.39, 0.29) is 22.6 Å². The molecule has 2 aromatic carbocycles. The van der Waals surface area contributed by atoms with Crippen molar-refractivity contribution >= 4 is 15.9 Å². The van der Waals surface area contributed by atoms with Gasteiger partial charge in [-0.3, -0.25) is 4.79 Å². The maximum absolute atomic E-state index is 13.1. The average molecular weight is 415 g/mol. The number of nitrogens with zero attached hydrogens (tertiary/aromatic N) is 1. The predicted molar refractivity (Wildman–Crippen MR) is 111 cm³/mol. The maximum atomic E-state index is 13.1. The number of hydrogen-bond donors (Lipinski definition) is 2. The Balaban J connectivity index is 1.47. The van der Waals surface area contributed by atoms with Gasteiger partial charge in [-0.1, -0.05) is 18.2 Å². The molecule has 29 heavy (non-hydrogen) atoms. The van der Waals surface area contributed by atoms with Gasteiger partial charge in [-0.05, 0) is 73.9 Å². The third-order valence-corrected chi connectivity index (χ3v) is 7.31. The zero-order chi connectivity index (χ0) is 20.6. The van der Waals surface area contributed by atoms with Crippen molar-refractivity contribution in [2.75, 3.05) is 13.1 Å². The van der Waals surface area contributed by atoms with Crippen molar-refractivity contribution in [3.8, 4) is 5.75 Å². The van der Waals surface area contributed by atoms with Gasteiger partial charge in [0, 0.05) is 24.7 Å². The first-order valence-corrected chi connectivity index (χ1v) is 11.5. The average Bonchev–Trinajstić information content (AvgIpc) is 3.52. The largest absolute Gasteiger partial charge is 0.508 e. The summed E-state index contributed by atoms with van der Waals surface area (Å²) in [7, 11) is -3.59. The molecule has 2 aliphatic rings. The number of aryl methyl sites for hydroxylation is 1. The second-order valence-corrected chi connectivity index (χ2v) is 9.74. The molecule has 0 aromatic heterocycles. The number of nitrogens with one attached hydrogen (secondary N) is 1. The topological polar surface area (TPSA) is 86.7 Å². The van der Waals surface area contributed by atoms with E-state index >= 15 is 0 Å². The van der Waals surface area contributed by atoms with Crippen molar-refractivity contribution in [3.05, 3.63) is 59.2 Å². The van der Waals surface area contributed by atoms with Crippen LogP contribution in [0.3, 0.4) is 0 Å². The second kappa shape index (κ2) is 7.80. The first-order chi connectivity index (χ1) is 13.8. The van der Waals surface area contributed by atoms with Gasteiger partial charge in [0.15, 0.2) is 0 Å². The molecule has 2 fully saturated rings. The molecule has 6 nitrogen and oxygen atoms in total. The van der Waals surface area contributed by atoms with E-state index in [4.69, 9.17) is 0 Å². The van der Waals surface area contributed by atoms with Gasteiger partial charge in [0.05, 0.1) is 4.90 Å². The van der Waals surface area contributed by atoms with Gasteiger partial charge >= 0.3 is 0 Å². The fourth-order valence-corrected chi connectivity index (χ4v) is 5.15. The molecule has 1 saturated carbocycles. The SMILES string of the molecule is Cc1ccc(S(=O)(=O)NC2CC2)cc1C(=O)N1CCC(c2ccc(O)cc2)CC1. The molecule has 1 heterocycles. The minimum absolute atomic E-state index is 0.0272. The number of rotatable bonds is 5. The molecule has 0 unspecified atom stereocenters. The van der Waals surface area contributed by atoms with E-state index in [1.54, 1.807) is 24.3 Å². The molecule has 2 aromatic rings. The van der Waals surface area contributed by atoms with Gasteiger partial charge in [0.1, 0.15) is 5.75 Å².